The summed E-state index contributed by atoms with van der Waals surface area (Å²) in [7, 11) is 0. The van der Waals surface area contributed by atoms with E-state index in [1.54, 1.807) is 4.57 Å². The van der Waals surface area contributed by atoms with Gasteiger partial charge >= 0.3 is 0 Å². The molecule has 0 saturated carbocycles. The van der Waals surface area contributed by atoms with E-state index < -0.39 is 0 Å². The molecular weight excluding hydrogens is 290 g/mol. The summed E-state index contributed by atoms with van der Waals surface area (Å²) in [5.41, 5.74) is 0.898. The fourth-order valence-corrected chi connectivity index (χ4v) is 4.11. The molecule has 2 aromatic heterocycles. The third-order valence-electron chi connectivity index (χ3n) is 3.95. The van der Waals surface area contributed by atoms with Crippen molar-refractivity contribution in [1.82, 2.24) is 14.5 Å². The summed E-state index contributed by atoms with van der Waals surface area (Å²) in [4.78, 5) is 18.2. The average Bonchev–Trinajstić information content (AvgIpc) is 2.88. The Hall–Kier alpha value is -0.980. The fraction of sp³-hybridized carbons (Fsp3) is 0.571. The number of rotatable bonds is 3. The minimum atomic E-state index is 0.0447. The number of nitrogens with zero attached hydrogens (tertiary/aromatic N) is 2. The minimum absolute atomic E-state index is 0.0447. The predicted molar refractivity (Wildman–Crippen MR) is 86.3 cm³/mol. The molecule has 2 aromatic rings. The van der Waals surface area contributed by atoms with Crippen LogP contribution in [0, 0.1) is 4.77 Å². The topological polar surface area (TPSA) is 41.0 Å². The van der Waals surface area contributed by atoms with Crippen molar-refractivity contribution < 1.29 is 0 Å². The normalized spacial score (nSPS) is 18.4. The molecule has 0 aromatic carbocycles. The Balaban J connectivity index is 1.92. The minimum Gasteiger partial charge on any atom is -0.331 e. The molecule has 0 radical (unpaired) electrons. The Kier molecular flexibility index (Phi) is 4.05. The van der Waals surface area contributed by atoms with Gasteiger partial charge < -0.3 is 9.88 Å². The van der Waals surface area contributed by atoms with Crippen LogP contribution in [0.25, 0.3) is 10.2 Å². The van der Waals surface area contributed by atoms with E-state index in [9.17, 15) is 4.79 Å². The first-order valence-corrected chi connectivity index (χ1v) is 8.40. The molecule has 0 spiro atoms. The number of hydrogen-bond acceptors (Lipinski definition) is 4. The summed E-state index contributed by atoms with van der Waals surface area (Å²) >= 11 is 6.85. The number of aromatic nitrogens is 2. The van der Waals surface area contributed by atoms with Crippen LogP contribution >= 0.6 is 23.6 Å². The van der Waals surface area contributed by atoms with E-state index in [2.05, 4.69) is 16.8 Å². The molecule has 3 heterocycles. The van der Waals surface area contributed by atoms with Gasteiger partial charge in [-0.25, -0.2) is 0 Å². The first kappa shape index (κ1) is 14.0. The van der Waals surface area contributed by atoms with E-state index in [0.29, 0.717) is 4.77 Å². The molecule has 1 fully saturated rings. The molecular formula is C14H19N3OS2. The highest BCUT2D eigenvalue weighted by Crippen LogP contribution is 2.17. The van der Waals surface area contributed by atoms with Crippen LogP contribution in [0.2, 0.25) is 0 Å². The lowest BCUT2D eigenvalue weighted by atomic mass is 10.1. The number of fused-ring (bicyclic) bond motifs is 1. The van der Waals surface area contributed by atoms with Crippen molar-refractivity contribution in [2.45, 2.75) is 32.2 Å². The SMILES string of the molecule is CC(CN1CCCCC1)n1c(=S)[nH]c2ccsc2c1=O. The van der Waals surface area contributed by atoms with E-state index >= 15 is 0 Å². The zero-order valence-electron chi connectivity index (χ0n) is 11.6. The second-order valence-electron chi connectivity index (χ2n) is 5.48. The van der Waals surface area contributed by atoms with Crippen molar-refractivity contribution in [2.24, 2.45) is 0 Å². The van der Waals surface area contributed by atoms with E-state index in [1.807, 2.05) is 11.4 Å². The van der Waals surface area contributed by atoms with Crippen LogP contribution in [-0.4, -0.2) is 34.1 Å². The number of thiophene rings is 1. The van der Waals surface area contributed by atoms with Crippen molar-refractivity contribution in [3.8, 4) is 0 Å². The van der Waals surface area contributed by atoms with Gasteiger partial charge in [-0.1, -0.05) is 6.42 Å². The van der Waals surface area contributed by atoms with Crippen LogP contribution in [0.4, 0.5) is 0 Å². The first-order chi connectivity index (χ1) is 9.66. The average molecular weight is 309 g/mol. The Labute approximate surface area is 127 Å². The molecule has 0 aliphatic carbocycles. The molecule has 1 aliphatic rings. The molecule has 1 unspecified atom stereocenters. The molecule has 1 saturated heterocycles. The van der Waals surface area contributed by atoms with Crippen LogP contribution < -0.4 is 5.56 Å². The van der Waals surface area contributed by atoms with Crippen molar-refractivity contribution in [1.29, 1.82) is 0 Å². The van der Waals surface area contributed by atoms with Crippen molar-refractivity contribution in [2.75, 3.05) is 19.6 Å². The summed E-state index contributed by atoms with van der Waals surface area (Å²) in [6, 6.07) is 2.02. The van der Waals surface area contributed by atoms with Crippen molar-refractivity contribution in [3.63, 3.8) is 0 Å². The second kappa shape index (κ2) is 5.79. The maximum absolute atomic E-state index is 12.6. The monoisotopic (exact) mass is 309 g/mol. The van der Waals surface area contributed by atoms with Gasteiger partial charge in [-0.2, -0.15) is 0 Å². The zero-order valence-corrected chi connectivity index (χ0v) is 13.2. The Morgan fingerprint density at radius 1 is 1.40 bits per heavy atom. The Bertz CT molecular complexity index is 709. The molecule has 1 atom stereocenters. The molecule has 6 heteroatoms. The molecule has 3 rings (SSSR count). The fourth-order valence-electron chi connectivity index (χ4n) is 2.95. The molecule has 1 aliphatic heterocycles. The van der Waals surface area contributed by atoms with Gasteiger partial charge in [0, 0.05) is 12.6 Å². The van der Waals surface area contributed by atoms with E-state index in [0.717, 1.165) is 29.9 Å². The molecule has 0 amide bonds. The number of nitrogens with one attached hydrogen (secondary N) is 1. The summed E-state index contributed by atoms with van der Waals surface area (Å²) < 4.78 is 3.04. The molecule has 108 valence electrons. The van der Waals surface area contributed by atoms with Gasteiger partial charge in [0.05, 0.1) is 5.52 Å². The van der Waals surface area contributed by atoms with Crippen molar-refractivity contribution >= 4 is 33.8 Å². The van der Waals surface area contributed by atoms with Gasteiger partial charge in [0.2, 0.25) is 0 Å². The zero-order chi connectivity index (χ0) is 14.1. The lowest BCUT2D eigenvalue weighted by molar-refractivity contribution is 0.200. The van der Waals surface area contributed by atoms with Crippen LogP contribution in [0.5, 0.6) is 0 Å². The summed E-state index contributed by atoms with van der Waals surface area (Å²) in [5.74, 6) is 0. The number of piperidine rings is 1. The van der Waals surface area contributed by atoms with Gasteiger partial charge in [-0.3, -0.25) is 9.36 Å². The maximum Gasteiger partial charge on any atom is 0.272 e. The van der Waals surface area contributed by atoms with Crippen LogP contribution in [0.15, 0.2) is 16.2 Å². The number of hydrogen-bond donors (Lipinski definition) is 1. The third kappa shape index (κ3) is 2.60. The summed E-state index contributed by atoms with van der Waals surface area (Å²) in [6.45, 7) is 5.25. The first-order valence-electron chi connectivity index (χ1n) is 7.11. The predicted octanol–water partition coefficient (Wildman–Crippen LogP) is 3.17. The van der Waals surface area contributed by atoms with Crippen LogP contribution in [-0.2, 0) is 0 Å². The number of aromatic amines is 1. The van der Waals surface area contributed by atoms with Gasteiger partial charge in [0.15, 0.2) is 4.77 Å². The molecule has 4 nitrogen and oxygen atoms in total. The quantitative estimate of drug-likeness (QED) is 0.886. The van der Waals surface area contributed by atoms with Gasteiger partial charge in [-0.15, -0.1) is 11.3 Å². The lowest BCUT2D eigenvalue weighted by Crippen LogP contribution is -2.37. The second-order valence-corrected chi connectivity index (χ2v) is 6.78. The van der Waals surface area contributed by atoms with Gasteiger partial charge in [0.1, 0.15) is 4.70 Å². The van der Waals surface area contributed by atoms with E-state index in [-0.39, 0.29) is 11.6 Å². The smallest absolute Gasteiger partial charge is 0.272 e. The lowest BCUT2D eigenvalue weighted by Gasteiger charge is -2.29. The summed E-state index contributed by atoms with van der Waals surface area (Å²) in [5, 5.41) is 1.93. The van der Waals surface area contributed by atoms with Gasteiger partial charge in [0.25, 0.3) is 5.56 Å². The highest BCUT2D eigenvalue weighted by atomic mass is 32.1. The summed E-state index contributed by atoms with van der Waals surface area (Å²) in [6.07, 6.45) is 3.85. The highest BCUT2D eigenvalue weighted by Gasteiger charge is 2.17. The third-order valence-corrected chi connectivity index (χ3v) is 5.15. The van der Waals surface area contributed by atoms with Crippen molar-refractivity contribution in [3.05, 3.63) is 26.6 Å². The van der Waals surface area contributed by atoms with Gasteiger partial charge in [-0.05, 0) is 56.5 Å². The molecule has 0 bridgehead atoms. The molecule has 1 N–H and O–H groups in total. The van der Waals surface area contributed by atoms with E-state index in [4.69, 9.17) is 12.2 Å². The largest absolute Gasteiger partial charge is 0.331 e. The van der Waals surface area contributed by atoms with E-state index in [1.165, 1.54) is 30.6 Å². The molecule has 20 heavy (non-hydrogen) atoms. The highest BCUT2D eigenvalue weighted by molar-refractivity contribution is 7.71. The number of likely N-dealkylation sites (tertiary alicyclic amines) is 1. The maximum atomic E-state index is 12.6. The Morgan fingerprint density at radius 3 is 2.90 bits per heavy atom. The standard InChI is InChI=1S/C14H19N3OS2/c1-10(9-16-6-3-2-4-7-16)17-13(18)12-11(5-8-20-12)15-14(17)19/h5,8,10H,2-4,6-7,9H2,1H3,(H,15,19). The van der Waals surface area contributed by atoms with Crippen LogP contribution in [0.1, 0.15) is 32.2 Å². The Morgan fingerprint density at radius 2 is 2.15 bits per heavy atom. The number of H-pyrrole nitrogens is 1. The van der Waals surface area contributed by atoms with Crippen LogP contribution in [0.3, 0.4) is 0 Å².